The molecule has 6 heteroatoms. The predicted octanol–water partition coefficient (Wildman–Crippen LogP) is 2.26. The highest BCUT2D eigenvalue weighted by Crippen LogP contribution is 2.14. The predicted molar refractivity (Wildman–Crippen MR) is 78.1 cm³/mol. The average molecular weight is 265 g/mol. The molecule has 0 unspecified atom stereocenters. The molecule has 0 radical (unpaired) electrons. The Kier molecular flexibility index (Phi) is 4.69. The minimum atomic E-state index is 0.505. The summed E-state index contributed by atoms with van der Waals surface area (Å²) in [5, 5.41) is 3.31. The number of nitrogens with zero attached hydrogens (tertiary/aromatic N) is 3. The van der Waals surface area contributed by atoms with Gasteiger partial charge in [0.25, 0.3) is 0 Å². The topological polar surface area (TPSA) is 68.2 Å². The maximum atomic E-state index is 5.75. The first-order valence-electron chi connectivity index (χ1n) is 6.13. The summed E-state index contributed by atoms with van der Waals surface area (Å²) in [6.45, 7) is 0.910. The van der Waals surface area contributed by atoms with Crippen LogP contribution in [0.3, 0.4) is 0 Å². The van der Waals surface area contributed by atoms with Crippen molar-refractivity contribution < 1.29 is 0 Å². The molecule has 2 aromatic rings. The Bertz CT molecular complexity index is 496. The Labute approximate surface area is 111 Å². The second-order valence-electron chi connectivity index (χ2n) is 4.15. The van der Waals surface area contributed by atoms with Gasteiger partial charge >= 0.3 is 0 Å². The zero-order chi connectivity index (χ0) is 12.8. The third-order valence-corrected chi connectivity index (χ3v) is 3.41. The number of fused-ring (bicyclic) bond motifs is 1. The highest BCUT2D eigenvalue weighted by molar-refractivity contribution is 7.98. The van der Waals surface area contributed by atoms with Crippen molar-refractivity contribution in [3.63, 3.8) is 0 Å². The second kappa shape index (κ2) is 6.49. The second-order valence-corrected chi connectivity index (χ2v) is 5.14. The monoisotopic (exact) mass is 265 g/mol. The number of imidazole rings is 1. The summed E-state index contributed by atoms with van der Waals surface area (Å²) in [5.74, 6) is 2.51. The summed E-state index contributed by atoms with van der Waals surface area (Å²) in [7, 11) is 0. The Morgan fingerprint density at radius 1 is 1.39 bits per heavy atom. The smallest absolute Gasteiger partial charge is 0.180 e. The molecule has 0 aliphatic carbocycles. The SMILES string of the molecule is CSCCCCCNc1nc(N)cn2ccnc12. The van der Waals surface area contributed by atoms with Gasteiger partial charge in [0.2, 0.25) is 0 Å². The van der Waals surface area contributed by atoms with Crippen LogP contribution in [0, 0.1) is 0 Å². The van der Waals surface area contributed by atoms with E-state index in [-0.39, 0.29) is 0 Å². The normalized spacial score (nSPS) is 10.9. The van der Waals surface area contributed by atoms with Crippen molar-refractivity contribution in [2.75, 3.05) is 29.6 Å². The van der Waals surface area contributed by atoms with Crippen molar-refractivity contribution in [1.29, 1.82) is 0 Å². The van der Waals surface area contributed by atoms with Gasteiger partial charge in [-0.2, -0.15) is 11.8 Å². The molecule has 98 valence electrons. The number of nitrogen functional groups attached to an aromatic ring is 1. The Balaban J connectivity index is 1.89. The minimum absolute atomic E-state index is 0.505. The van der Waals surface area contributed by atoms with E-state index in [0.29, 0.717) is 5.82 Å². The number of unbranched alkanes of at least 4 members (excludes halogenated alkanes) is 2. The van der Waals surface area contributed by atoms with E-state index in [4.69, 9.17) is 5.73 Å². The lowest BCUT2D eigenvalue weighted by molar-refractivity contribution is 0.748. The first-order chi connectivity index (χ1) is 8.81. The fourth-order valence-corrected chi connectivity index (χ4v) is 2.32. The van der Waals surface area contributed by atoms with Crippen LogP contribution in [0.15, 0.2) is 18.6 Å². The highest BCUT2D eigenvalue weighted by Gasteiger charge is 2.04. The number of aromatic nitrogens is 3. The van der Waals surface area contributed by atoms with Gasteiger partial charge in [0.15, 0.2) is 11.5 Å². The molecule has 0 aromatic carbocycles. The van der Waals surface area contributed by atoms with Crippen molar-refractivity contribution >= 4 is 29.0 Å². The molecule has 3 N–H and O–H groups in total. The van der Waals surface area contributed by atoms with E-state index in [1.54, 1.807) is 12.4 Å². The lowest BCUT2D eigenvalue weighted by Crippen LogP contribution is -2.07. The Morgan fingerprint density at radius 2 is 2.28 bits per heavy atom. The van der Waals surface area contributed by atoms with Crippen LogP contribution in [0.4, 0.5) is 11.6 Å². The number of rotatable bonds is 7. The molecule has 0 aliphatic heterocycles. The van der Waals surface area contributed by atoms with Crippen molar-refractivity contribution in [2.45, 2.75) is 19.3 Å². The molecule has 0 aliphatic rings. The van der Waals surface area contributed by atoms with Crippen LogP contribution in [0.5, 0.6) is 0 Å². The first kappa shape index (κ1) is 13.0. The summed E-state index contributed by atoms with van der Waals surface area (Å²) in [6, 6.07) is 0. The van der Waals surface area contributed by atoms with Gasteiger partial charge in [-0.25, -0.2) is 9.97 Å². The number of nitrogens with one attached hydrogen (secondary N) is 1. The summed E-state index contributed by atoms with van der Waals surface area (Å²) in [6.07, 6.45) is 11.2. The van der Waals surface area contributed by atoms with Gasteiger partial charge < -0.3 is 15.5 Å². The van der Waals surface area contributed by atoms with Crippen LogP contribution >= 0.6 is 11.8 Å². The van der Waals surface area contributed by atoms with Crippen molar-refractivity contribution in [2.24, 2.45) is 0 Å². The molecular weight excluding hydrogens is 246 g/mol. The summed E-state index contributed by atoms with van der Waals surface area (Å²) >= 11 is 1.90. The lowest BCUT2D eigenvalue weighted by atomic mass is 10.2. The van der Waals surface area contributed by atoms with E-state index in [2.05, 4.69) is 21.5 Å². The van der Waals surface area contributed by atoms with E-state index in [1.165, 1.54) is 18.6 Å². The third kappa shape index (κ3) is 3.29. The molecule has 0 spiro atoms. The number of anilines is 2. The van der Waals surface area contributed by atoms with E-state index in [1.807, 2.05) is 22.4 Å². The van der Waals surface area contributed by atoms with Crippen molar-refractivity contribution in [1.82, 2.24) is 14.4 Å². The standard InChI is InChI=1S/C12H19N5S/c1-18-8-4-2-3-5-14-11-12-15-6-7-17(12)9-10(13)16-11/h6-7,9H,2-5,8,13H2,1H3,(H,14,16). The number of thioether (sulfide) groups is 1. The lowest BCUT2D eigenvalue weighted by Gasteiger charge is -2.07. The maximum Gasteiger partial charge on any atom is 0.180 e. The Hall–Kier alpha value is -1.43. The molecule has 2 aromatic heterocycles. The summed E-state index contributed by atoms with van der Waals surface area (Å²) < 4.78 is 1.89. The Morgan fingerprint density at radius 3 is 3.11 bits per heavy atom. The number of hydrogen-bond acceptors (Lipinski definition) is 5. The molecule has 0 saturated heterocycles. The van der Waals surface area contributed by atoms with Crippen LogP contribution in [0.2, 0.25) is 0 Å². The zero-order valence-electron chi connectivity index (χ0n) is 10.6. The van der Waals surface area contributed by atoms with Gasteiger partial charge in [-0.05, 0) is 24.9 Å². The van der Waals surface area contributed by atoms with Crippen LogP contribution in [0.25, 0.3) is 5.65 Å². The van der Waals surface area contributed by atoms with Gasteiger partial charge in [-0.1, -0.05) is 6.42 Å². The molecule has 0 saturated carbocycles. The van der Waals surface area contributed by atoms with Crippen LogP contribution in [0.1, 0.15) is 19.3 Å². The molecule has 0 bridgehead atoms. The fourth-order valence-electron chi connectivity index (χ4n) is 1.82. The quantitative estimate of drug-likeness (QED) is 0.752. The first-order valence-corrected chi connectivity index (χ1v) is 7.52. The van der Waals surface area contributed by atoms with E-state index < -0.39 is 0 Å². The molecule has 2 rings (SSSR count). The molecule has 18 heavy (non-hydrogen) atoms. The van der Waals surface area contributed by atoms with E-state index in [9.17, 15) is 0 Å². The van der Waals surface area contributed by atoms with Crippen LogP contribution in [-0.2, 0) is 0 Å². The molecule has 0 fully saturated rings. The average Bonchev–Trinajstić information content (AvgIpc) is 2.81. The molecule has 5 nitrogen and oxygen atoms in total. The molecular formula is C12H19N5S. The molecule has 2 heterocycles. The fraction of sp³-hybridized carbons (Fsp3) is 0.500. The van der Waals surface area contributed by atoms with Crippen LogP contribution < -0.4 is 11.1 Å². The number of hydrogen-bond donors (Lipinski definition) is 2. The van der Waals surface area contributed by atoms with Gasteiger partial charge in [0.1, 0.15) is 5.82 Å². The van der Waals surface area contributed by atoms with Gasteiger partial charge in [0, 0.05) is 18.9 Å². The summed E-state index contributed by atoms with van der Waals surface area (Å²) in [4.78, 5) is 8.55. The maximum absolute atomic E-state index is 5.75. The molecule has 0 amide bonds. The zero-order valence-corrected chi connectivity index (χ0v) is 11.4. The van der Waals surface area contributed by atoms with Crippen molar-refractivity contribution in [3.05, 3.63) is 18.6 Å². The van der Waals surface area contributed by atoms with Gasteiger partial charge in [-0.15, -0.1) is 0 Å². The third-order valence-electron chi connectivity index (χ3n) is 2.71. The van der Waals surface area contributed by atoms with E-state index >= 15 is 0 Å². The largest absolute Gasteiger partial charge is 0.382 e. The summed E-state index contributed by atoms with van der Waals surface area (Å²) in [5.41, 5.74) is 6.58. The van der Waals surface area contributed by atoms with Gasteiger partial charge in [-0.3, -0.25) is 0 Å². The van der Waals surface area contributed by atoms with Crippen molar-refractivity contribution in [3.8, 4) is 0 Å². The van der Waals surface area contributed by atoms with Crippen LogP contribution in [-0.4, -0.2) is 32.9 Å². The minimum Gasteiger partial charge on any atom is -0.382 e. The molecule has 0 atom stereocenters. The number of nitrogens with two attached hydrogens (primary N) is 1. The highest BCUT2D eigenvalue weighted by atomic mass is 32.2. The van der Waals surface area contributed by atoms with Gasteiger partial charge in [0.05, 0.1) is 6.20 Å². The van der Waals surface area contributed by atoms with E-state index in [0.717, 1.165) is 24.4 Å².